The first-order chi connectivity index (χ1) is 9.63. The quantitative estimate of drug-likeness (QED) is 0.822. The lowest BCUT2D eigenvalue weighted by Gasteiger charge is -2.30. The predicted octanol–water partition coefficient (Wildman–Crippen LogP) is 5.33. The molecule has 0 aliphatic carbocycles. The molecule has 0 fully saturated rings. The standard InChI is InChI=1S/C17H21NS2/c1-11-4-6-14(7-5-11)13(3)18-16-10-12(2)20-17-15(16)8-9-19-17/h4-9,12-13,16,18H,10H2,1-3H3/t12-,13+,16?/m0/s1. The third-order valence-corrected chi connectivity index (χ3v) is 6.28. The number of hydrogen-bond donors (Lipinski definition) is 1. The average Bonchev–Trinajstić information content (AvgIpc) is 2.87. The third kappa shape index (κ3) is 2.95. The van der Waals surface area contributed by atoms with Crippen LogP contribution in [0, 0.1) is 6.92 Å². The fraction of sp³-hybridized carbons (Fsp3) is 0.412. The molecule has 1 aromatic heterocycles. The van der Waals surface area contributed by atoms with Crippen molar-refractivity contribution in [3.63, 3.8) is 0 Å². The van der Waals surface area contributed by atoms with Crippen molar-refractivity contribution in [3.05, 3.63) is 52.4 Å². The van der Waals surface area contributed by atoms with Crippen LogP contribution in [0.3, 0.4) is 0 Å². The van der Waals surface area contributed by atoms with Gasteiger partial charge in [0.1, 0.15) is 0 Å². The Hall–Kier alpha value is -0.770. The molecule has 2 heterocycles. The van der Waals surface area contributed by atoms with E-state index in [1.54, 1.807) is 0 Å². The summed E-state index contributed by atoms with van der Waals surface area (Å²) in [6.45, 7) is 6.74. The zero-order valence-corrected chi connectivity index (χ0v) is 13.9. The van der Waals surface area contributed by atoms with Crippen molar-refractivity contribution in [3.8, 4) is 0 Å². The van der Waals surface area contributed by atoms with E-state index in [-0.39, 0.29) is 0 Å². The molecule has 3 atom stereocenters. The highest BCUT2D eigenvalue weighted by Gasteiger charge is 2.27. The Bertz CT molecular complexity index is 573. The molecule has 20 heavy (non-hydrogen) atoms. The van der Waals surface area contributed by atoms with Gasteiger partial charge in [0.2, 0.25) is 0 Å². The topological polar surface area (TPSA) is 12.0 Å². The zero-order chi connectivity index (χ0) is 14.1. The maximum atomic E-state index is 3.82. The Labute approximate surface area is 129 Å². The van der Waals surface area contributed by atoms with E-state index in [1.165, 1.54) is 27.3 Å². The van der Waals surface area contributed by atoms with E-state index in [0.717, 1.165) is 0 Å². The van der Waals surface area contributed by atoms with Gasteiger partial charge in [0.25, 0.3) is 0 Å². The molecule has 0 bridgehead atoms. The van der Waals surface area contributed by atoms with Gasteiger partial charge in [-0.25, -0.2) is 0 Å². The van der Waals surface area contributed by atoms with Gasteiger partial charge in [-0.2, -0.15) is 0 Å². The van der Waals surface area contributed by atoms with Crippen LogP contribution in [0.1, 0.15) is 49.0 Å². The molecule has 0 amide bonds. The van der Waals surface area contributed by atoms with Gasteiger partial charge < -0.3 is 5.32 Å². The summed E-state index contributed by atoms with van der Waals surface area (Å²) in [5.74, 6) is 0. The van der Waals surface area contributed by atoms with Gasteiger partial charge in [0, 0.05) is 17.3 Å². The van der Waals surface area contributed by atoms with E-state index >= 15 is 0 Å². The highest BCUT2D eigenvalue weighted by atomic mass is 32.2. The number of aryl methyl sites for hydroxylation is 1. The molecule has 0 radical (unpaired) electrons. The van der Waals surface area contributed by atoms with E-state index in [0.29, 0.717) is 17.3 Å². The second-order valence-corrected chi connectivity index (χ2v) is 8.30. The van der Waals surface area contributed by atoms with Crippen molar-refractivity contribution in [2.75, 3.05) is 0 Å². The van der Waals surface area contributed by atoms with Crippen molar-refractivity contribution in [1.29, 1.82) is 0 Å². The Morgan fingerprint density at radius 1 is 1.20 bits per heavy atom. The Morgan fingerprint density at radius 2 is 1.95 bits per heavy atom. The zero-order valence-electron chi connectivity index (χ0n) is 12.2. The minimum absolute atomic E-state index is 0.392. The summed E-state index contributed by atoms with van der Waals surface area (Å²) in [6.07, 6.45) is 1.21. The molecular weight excluding hydrogens is 282 g/mol. The summed E-state index contributed by atoms with van der Waals surface area (Å²) in [5.41, 5.74) is 4.19. The van der Waals surface area contributed by atoms with Crippen LogP contribution in [0.4, 0.5) is 0 Å². The average molecular weight is 303 g/mol. The lowest BCUT2D eigenvalue weighted by atomic mass is 10.0. The molecule has 0 saturated carbocycles. The van der Waals surface area contributed by atoms with Gasteiger partial charge in [-0.3, -0.25) is 0 Å². The van der Waals surface area contributed by atoms with Crippen LogP contribution in [0.25, 0.3) is 0 Å². The fourth-order valence-corrected chi connectivity index (χ4v) is 5.33. The van der Waals surface area contributed by atoms with Gasteiger partial charge in [-0.1, -0.05) is 36.8 Å². The van der Waals surface area contributed by atoms with E-state index in [1.807, 2.05) is 23.1 Å². The predicted molar refractivity (Wildman–Crippen MR) is 89.7 cm³/mol. The molecule has 1 aromatic carbocycles. The first kappa shape index (κ1) is 14.2. The van der Waals surface area contributed by atoms with Crippen molar-refractivity contribution in [2.24, 2.45) is 0 Å². The van der Waals surface area contributed by atoms with E-state index in [2.05, 4.69) is 61.8 Å². The SMILES string of the molecule is Cc1ccc([C@@H](C)NC2C[C@H](C)Sc3sccc32)cc1. The number of thioether (sulfide) groups is 1. The second kappa shape index (κ2) is 5.92. The van der Waals surface area contributed by atoms with Gasteiger partial charge >= 0.3 is 0 Å². The smallest absolute Gasteiger partial charge is 0.0649 e. The third-order valence-electron chi connectivity index (χ3n) is 3.94. The number of rotatable bonds is 3. The number of fused-ring (bicyclic) bond motifs is 1. The lowest BCUT2D eigenvalue weighted by molar-refractivity contribution is 0.435. The number of benzene rings is 1. The normalized spacial score (nSPS) is 23.4. The first-order valence-electron chi connectivity index (χ1n) is 7.20. The molecule has 1 nitrogen and oxygen atoms in total. The molecular formula is C17H21NS2. The van der Waals surface area contributed by atoms with E-state index in [9.17, 15) is 0 Å². The Kier molecular flexibility index (Phi) is 4.20. The maximum absolute atomic E-state index is 3.82. The van der Waals surface area contributed by atoms with Crippen LogP contribution in [-0.2, 0) is 0 Å². The number of hydrogen-bond acceptors (Lipinski definition) is 3. The van der Waals surface area contributed by atoms with Crippen molar-refractivity contribution < 1.29 is 0 Å². The summed E-state index contributed by atoms with van der Waals surface area (Å²) in [4.78, 5) is 0. The van der Waals surface area contributed by atoms with Crippen LogP contribution >= 0.6 is 23.1 Å². The molecule has 1 unspecified atom stereocenters. The van der Waals surface area contributed by atoms with Crippen molar-refractivity contribution >= 4 is 23.1 Å². The monoisotopic (exact) mass is 303 g/mol. The van der Waals surface area contributed by atoms with Crippen LogP contribution in [0.2, 0.25) is 0 Å². The highest BCUT2D eigenvalue weighted by Crippen LogP contribution is 2.44. The minimum Gasteiger partial charge on any atom is -0.303 e. The molecule has 1 aliphatic rings. The molecule has 1 N–H and O–H groups in total. The summed E-state index contributed by atoms with van der Waals surface area (Å²) in [5, 5.41) is 6.74. The summed E-state index contributed by atoms with van der Waals surface area (Å²) >= 11 is 3.91. The number of nitrogens with one attached hydrogen (secondary N) is 1. The van der Waals surface area contributed by atoms with Crippen molar-refractivity contribution in [2.45, 2.75) is 48.7 Å². The molecule has 106 valence electrons. The molecule has 3 rings (SSSR count). The fourth-order valence-electron chi connectivity index (χ4n) is 2.76. The van der Waals surface area contributed by atoms with Crippen LogP contribution < -0.4 is 5.32 Å². The lowest BCUT2D eigenvalue weighted by Crippen LogP contribution is -2.28. The van der Waals surface area contributed by atoms with Gasteiger partial charge in [-0.05, 0) is 42.8 Å². The van der Waals surface area contributed by atoms with E-state index in [4.69, 9.17) is 0 Å². The number of thiophene rings is 1. The van der Waals surface area contributed by atoms with Gasteiger partial charge in [-0.15, -0.1) is 23.1 Å². The first-order valence-corrected chi connectivity index (χ1v) is 8.96. The maximum Gasteiger partial charge on any atom is 0.0649 e. The highest BCUT2D eigenvalue weighted by molar-refractivity contribution is 8.01. The molecule has 0 saturated heterocycles. The molecule has 1 aliphatic heterocycles. The minimum atomic E-state index is 0.392. The molecule has 0 spiro atoms. The Morgan fingerprint density at radius 3 is 2.70 bits per heavy atom. The van der Waals surface area contributed by atoms with Crippen LogP contribution in [-0.4, -0.2) is 5.25 Å². The van der Waals surface area contributed by atoms with Crippen LogP contribution in [0.5, 0.6) is 0 Å². The second-order valence-electron chi connectivity index (χ2n) is 5.68. The van der Waals surface area contributed by atoms with Gasteiger partial charge in [0.15, 0.2) is 0 Å². The largest absolute Gasteiger partial charge is 0.303 e. The molecule has 3 heteroatoms. The summed E-state index contributed by atoms with van der Waals surface area (Å²) in [6, 6.07) is 12.0. The van der Waals surface area contributed by atoms with Gasteiger partial charge in [0.05, 0.1) is 4.21 Å². The van der Waals surface area contributed by atoms with Crippen LogP contribution in [0.15, 0.2) is 39.9 Å². The Balaban J connectivity index is 1.76. The summed E-state index contributed by atoms with van der Waals surface area (Å²) < 4.78 is 1.50. The molecule has 2 aromatic rings. The van der Waals surface area contributed by atoms with Crippen molar-refractivity contribution in [1.82, 2.24) is 5.32 Å². The summed E-state index contributed by atoms with van der Waals surface area (Å²) in [7, 11) is 0. The van der Waals surface area contributed by atoms with E-state index < -0.39 is 0 Å².